The van der Waals surface area contributed by atoms with Crippen LogP contribution in [0.15, 0.2) is 18.2 Å². The Morgan fingerprint density at radius 2 is 2.41 bits per heavy atom. The van der Waals surface area contributed by atoms with Gasteiger partial charge in [-0.05, 0) is 53.6 Å². The van der Waals surface area contributed by atoms with Crippen molar-refractivity contribution in [2.75, 3.05) is 13.2 Å². The Kier molecular flexibility index (Phi) is 4.64. The van der Waals surface area contributed by atoms with Crippen molar-refractivity contribution in [2.24, 2.45) is 0 Å². The molecule has 1 amide bonds. The Morgan fingerprint density at radius 3 is 3.06 bits per heavy atom. The van der Waals surface area contributed by atoms with E-state index in [0.29, 0.717) is 17.1 Å². The van der Waals surface area contributed by atoms with Gasteiger partial charge in [0.25, 0.3) is 5.91 Å². The van der Waals surface area contributed by atoms with Gasteiger partial charge in [0.05, 0.1) is 11.1 Å². The van der Waals surface area contributed by atoms with Crippen molar-refractivity contribution < 1.29 is 9.53 Å². The van der Waals surface area contributed by atoms with Crippen LogP contribution in [0.5, 0.6) is 0 Å². The zero-order valence-corrected chi connectivity index (χ0v) is 12.1. The van der Waals surface area contributed by atoms with E-state index < -0.39 is 0 Å². The maximum absolute atomic E-state index is 11.8. The van der Waals surface area contributed by atoms with Gasteiger partial charge in [0.15, 0.2) is 0 Å². The Labute approximate surface area is 119 Å². The van der Waals surface area contributed by atoms with E-state index >= 15 is 0 Å². The summed E-state index contributed by atoms with van der Waals surface area (Å²) >= 11 is 8.11. The lowest BCUT2D eigenvalue weighted by Crippen LogP contribution is -2.31. The maximum Gasteiger partial charge on any atom is 0.251 e. The fourth-order valence-corrected chi connectivity index (χ4v) is 2.27. The number of hydrogen-bond donors (Lipinski definition) is 1. The normalized spacial score (nSPS) is 19.3. The van der Waals surface area contributed by atoms with Gasteiger partial charge in [0.1, 0.15) is 0 Å². The molecule has 1 saturated heterocycles. The third-order valence-corrected chi connectivity index (χ3v) is 4.27. The number of hydrogen-bond acceptors (Lipinski definition) is 2. The average Bonchev–Trinajstić information content (AvgIpc) is 2.82. The molecule has 0 radical (unpaired) electrons. The first-order valence-corrected chi connectivity index (χ1v) is 6.97. The molecule has 0 bridgehead atoms. The molecule has 2 rings (SSSR count). The highest BCUT2D eigenvalue weighted by molar-refractivity contribution is 14.1. The number of carbonyl (C=O) groups excluding carboxylic acids is 1. The van der Waals surface area contributed by atoms with Gasteiger partial charge in [0.2, 0.25) is 0 Å². The summed E-state index contributed by atoms with van der Waals surface area (Å²) in [6.45, 7) is 1.37. The second-order valence-electron chi connectivity index (χ2n) is 3.97. The highest BCUT2D eigenvalue weighted by Crippen LogP contribution is 2.19. The SMILES string of the molecule is O=C(NCC1CCCO1)c1ccc(I)c(Cl)c1. The monoisotopic (exact) mass is 365 g/mol. The number of carbonyl (C=O) groups is 1. The summed E-state index contributed by atoms with van der Waals surface area (Å²) in [5.41, 5.74) is 0.591. The van der Waals surface area contributed by atoms with Crippen LogP contribution in [0.2, 0.25) is 5.02 Å². The van der Waals surface area contributed by atoms with Gasteiger partial charge in [-0.2, -0.15) is 0 Å². The summed E-state index contributed by atoms with van der Waals surface area (Å²) in [5, 5.41) is 3.47. The fourth-order valence-electron chi connectivity index (χ4n) is 1.75. The summed E-state index contributed by atoms with van der Waals surface area (Å²) in [7, 11) is 0. The maximum atomic E-state index is 11.8. The smallest absolute Gasteiger partial charge is 0.251 e. The predicted molar refractivity (Wildman–Crippen MR) is 75.5 cm³/mol. The molecule has 17 heavy (non-hydrogen) atoms. The van der Waals surface area contributed by atoms with Crippen molar-refractivity contribution >= 4 is 40.1 Å². The zero-order valence-electron chi connectivity index (χ0n) is 9.21. The van der Waals surface area contributed by atoms with E-state index in [4.69, 9.17) is 16.3 Å². The second-order valence-corrected chi connectivity index (χ2v) is 5.54. The Bertz CT molecular complexity index is 419. The lowest BCUT2D eigenvalue weighted by Gasteiger charge is -2.11. The molecule has 0 aromatic heterocycles. The molecule has 5 heteroatoms. The first kappa shape index (κ1) is 13.1. The minimum Gasteiger partial charge on any atom is -0.376 e. The van der Waals surface area contributed by atoms with Crippen LogP contribution in [0.3, 0.4) is 0 Å². The van der Waals surface area contributed by atoms with Gasteiger partial charge >= 0.3 is 0 Å². The van der Waals surface area contributed by atoms with Crippen molar-refractivity contribution in [2.45, 2.75) is 18.9 Å². The molecule has 0 spiro atoms. The predicted octanol–water partition coefficient (Wildman–Crippen LogP) is 2.85. The topological polar surface area (TPSA) is 38.3 Å². The van der Waals surface area contributed by atoms with Crippen LogP contribution in [0, 0.1) is 3.57 Å². The van der Waals surface area contributed by atoms with E-state index in [2.05, 4.69) is 27.9 Å². The highest BCUT2D eigenvalue weighted by atomic mass is 127. The molecule has 1 aromatic carbocycles. The van der Waals surface area contributed by atoms with Crippen molar-refractivity contribution in [3.63, 3.8) is 0 Å². The zero-order chi connectivity index (χ0) is 12.3. The number of benzene rings is 1. The van der Waals surface area contributed by atoms with Gasteiger partial charge < -0.3 is 10.1 Å². The van der Waals surface area contributed by atoms with Crippen LogP contribution in [0.4, 0.5) is 0 Å². The van der Waals surface area contributed by atoms with E-state index in [0.717, 1.165) is 23.0 Å². The molecule has 92 valence electrons. The molecule has 1 aromatic rings. The van der Waals surface area contributed by atoms with Gasteiger partial charge in [-0.15, -0.1) is 0 Å². The number of amides is 1. The van der Waals surface area contributed by atoms with E-state index in [-0.39, 0.29) is 12.0 Å². The quantitative estimate of drug-likeness (QED) is 0.837. The third kappa shape index (κ3) is 3.56. The lowest BCUT2D eigenvalue weighted by molar-refractivity contribution is 0.0858. The summed E-state index contributed by atoms with van der Waals surface area (Å²) in [6.07, 6.45) is 2.27. The third-order valence-electron chi connectivity index (χ3n) is 2.70. The largest absolute Gasteiger partial charge is 0.376 e. The standard InChI is InChI=1S/C12H13ClINO2/c13-10-6-8(3-4-11(10)14)12(16)15-7-9-2-1-5-17-9/h3-4,6,9H,1-2,5,7H2,(H,15,16). The molecule has 1 aliphatic rings. The fraction of sp³-hybridized carbons (Fsp3) is 0.417. The lowest BCUT2D eigenvalue weighted by atomic mass is 10.2. The number of ether oxygens (including phenoxy) is 1. The Morgan fingerprint density at radius 1 is 1.59 bits per heavy atom. The minimum atomic E-state index is -0.0983. The molecule has 1 unspecified atom stereocenters. The minimum absolute atomic E-state index is 0.0983. The molecule has 0 saturated carbocycles. The number of halogens is 2. The van der Waals surface area contributed by atoms with Gasteiger partial charge in [-0.3, -0.25) is 4.79 Å². The molecular formula is C12H13ClINO2. The molecule has 1 atom stereocenters. The number of nitrogens with one attached hydrogen (secondary N) is 1. The summed E-state index contributed by atoms with van der Waals surface area (Å²) in [6, 6.07) is 5.30. The van der Waals surface area contributed by atoms with Gasteiger partial charge in [-0.25, -0.2) is 0 Å². The van der Waals surface area contributed by atoms with E-state index in [1.807, 2.05) is 6.07 Å². The molecular weight excluding hydrogens is 352 g/mol. The highest BCUT2D eigenvalue weighted by Gasteiger charge is 2.16. The van der Waals surface area contributed by atoms with Crippen LogP contribution in [0.1, 0.15) is 23.2 Å². The van der Waals surface area contributed by atoms with E-state index in [1.165, 1.54) is 0 Å². The van der Waals surface area contributed by atoms with Gasteiger partial charge in [-0.1, -0.05) is 11.6 Å². The van der Waals surface area contributed by atoms with E-state index in [9.17, 15) is 4.79 Å². The van der Waals surface area contributed by atoms with Crippen molar-refractivity contribution in [3.05, 3.63) is 32.4 Å². The second kappa shape index (κ2) is 6.02. The molecule has 1 heterocycles. The molecule has 3 nitrogen and oxygen atoms in total. The van der Waals surface area contributed by atoms with E-state index in [1.54, 1.807) is 12.1 Å². The Balaban J connectivity index is 1.92. The van der Waals surface area contributed by atoms with Crippen molar-refractivity contribution in [1.29, 1.82) is 0 Å². The van der Waals surface area contributed by atoms with Crippen molar-refractivity contribution in [3.8, 4) is 0 Å². The molecule has 1 N–H and O–H groups in total. The molecule has 1 aliphatic heterocycles. The van der Waals surface area contributed by atoms with Crippen LogP contribution in [-0.2, 0) is 4.74 Å². The van der Waals surface area contributed by atoms with Crippen LogP contribution in [-0.4, -0.2) is 25.2 Å². The Hall–Kier alpha value is -0.330. The molecule has 0 aliphatic carbocycles. The first-order valence-electron chi connectivity index (χ1n) is 5.51. The average molecular weight is 366 g/mol. The number of rotatable bonds is 3. The van der Waals surface area contributed by atoms with Gasteiger partial charge in [0, 0.05) is 22.3 Å². The summed E-state index contributed by atoms with van der Waals surface area (Å²) in [5.74, 6) is -0.0983. The van der Waals surface area contributed by atoms with Crippen LogP contribution in [0.25, 0.3) is 0 Å². The first-order chi connectivity index (χ1) is 8.16. The summed E-state index contributed by atoms with van der Waals surface area (Å²) in [4.78, 5) is 11.8. The van der Waals surface area contributed by atoms with Crippen LogP contribution < -0.4 is 5.32 Å². The van der Waals surface area contributed by atoms with Crippen LogP contribution >= 0.6 is 34.2 Å². The summed E-state index contributed by atoms with van der Waals surface area (Å²) < 4.78 is 6.38. The molecule has 1 fully saturated rings. The van der Waals surface area contributed by atoms with Crippen molar-refractivity contribution in [1.82, 2.24) is 5.32 Å².